The molecule has 0 saturated carbocycles. The molecule has 20 heavy (non-hydrogen) atoms. The lowest BCUT2D eigenvalue weighted by Crippen LogP contribution is -2.49. The summed E-state index contributed by atoms with van der Waals surface area (Å²) in [7, 11) is -1.96. The minimum absolute atomic E-state index is 0.166. The van der Waals surface area contributed by atoms with Crippen molar-refractivity contribution in [3.8, 4) is 0 Å². The average molecular weight is 319 g/mol. The van der Waals surface area contributed by atoms with E-state index >= 15 is 0 Å². The molecule has 0 aliphatic carbocycles. The van der Waals surface area contributed by atoms with Crippen LogP contribution in [0.5, 0.6) is 0 Å². The van der Waals surface area contributed by atoms with Crippen molar-refractivity contribution in [2.45, 2.75) is 30.3 Å². The Hall–Kier alpha value is -0.820. The summed E-state index contributed by atoms with van der Waals surface area (Å²) in [5.74, 6) is 0. The molecule has 112 valence electrons. The monoisotopic (exact) mass is 318 g/mol. The molecule has 0 radical (unpaired) electrons. The SMILES string of the molecule is COC1(C)CCCN(S(=O)(=O)c2ccc(Cl)c(N)c2)C1. The first-order valence-corrected chi connectivity index (χ1v) is 8.21. The fourth-order valence-corrected chi connectivity index (χ4v) is 4.11. The number of methoxy groups -OCH3 is 1. The van der Waals surface area contributed by atoms with Crippen LogP contribution in [-0.4, -0.2) is 38.5 Å². The Morgan fingerprint density at radius 3 is 2.75 bits per heavy atom. The predicted molar refractivity (Wildman–Crippen MR) is 79.3 cm³/mol. The van der Waals surface area contributed by atoms with Crippen LogP contribution in [0.15, 0.2) is 23.1 Å². The van der Waals surface area contributed by atoms with Crippen molar-refractivity contribution in [1.29, 1.82) is 0 Å². The van der Waals surface area contributed by atoms with Gasteiger partial charge < -0.3 is 10.5 Å². The molecule has 2 rings (SSSR count). The molecule has 0 bridgehead atoms. The summed E-state index contributed by atoms with van der Waals surface area (Å²) in [6.07, 6.45) is 1.62. The lowest BCUT2D eigenvalue weighted by molar-refractivity contribution is -0.0319. The molecular formula is C13H19ClN2O3S. The van der Waals surface area contributed by atoms with Gasteiger partial charge in [-0.15, -0.1) is 0 Å². The molecule has 0 spiro atoms. The molecule has 0 amide bonds. The van der Waals surface area contributed by atoms with E-state index in [-0.39, 0.29) is 10.6 Å². The fourth-order valence-electron chi connectivity index (χ4n) is 2.36. The van der Waals surface area contributed by atoms with Gasteiger partial charge in [0.1, 0.15) is 0 Å². The summed E-state index contributed by atoms with van der Waals surface area (Å²) in [6.45, 7) is 2.75. The van der Waals surface area contributed by atoms with Crippen LogP contribution in [0.4, 0.5) is 5.69 Å². The van der Waals surface area contributed by atoms with Gasteiger partial charge in [0.15, 0.2) is 0 Å². The molecule has 5 nitrogen and oxygen atoms in total. The van der Waals surface area contributed by atoms with Crippen molar-refractivity contribution in [3.63, 3.8) is 0 Å². The number of rotatable bonds is 3. The molecule has 1 atom stereocenters. The first kappa shape index (κ1) is 15.6. The van der Waals surface area contributed by atoms with Gasteiger partial charge in [0.05, 0.1) is 21.2 Å². The normalized spacial score (nSPS) is 24.8. The number of hydrogen-bond donors (Lipinski definition) is 1. The van der Waals surface area contributed by atoms with Crippen LogP contribution in [0.1, 0.15) is 19.8 Å². The van der Waals surface area contributed by atoms with E-state index in [0.717, 1.165) is 12.8 Å². The van der Waals surface area contributed by atoms with Gasteiger partial charge in [-0.3, -0.25) is 0 Å². The molecule has 1 aromatic rings. The van der Waals surface area contributed by atoms with Gasteiger partial charge in [0.2, 0.25) is 10.0 Å². The molecule has 1 aliphatic heterocycles. The van der Waals surface area contributed by atoms with Gasteiger partial charge in [-0.1, -0.05) is 11.6 Å². The first-order valence-electron chi connectivity index (χ1n) is 6.39. The van der Waals surface area contributed by atoms with Crippen molar-refractivity contribution in [2.24, 2.45) is 0 Å². The quantitative estimate of drug-likeness (QED) is 0.866. The fraction of sp³-hybridized carbons (Fsp3) is 0.538. The lowest BCUT2D eigenvalue weighted by atomic mass is 9.96. The molecule has 1 aliphatic rings. The highest BCUT2D eigenvalue weighted by atomic mass is 35.5. The van der Waals surface area contributed by atoms with E-state index < -0.39 is 15.6 Å². The summed E-state index contributed by atoms with van der Waals surface area (Å²) in [4.78, 5) is 0.166. The van der Waals surface area contributed by atoms with Crippen molar-refractivity contribution in [2.75, 3.05) is 25.9 Å². The van der Waals surface area contributed by atoms with E-state index in [1.165, 1.54) is 22.5 Å². The zero-order valence-corrected chi connectivity index (χ0v) is 13.2. The van der Waals surface area contributed by atoms with Gasteiger partial charge in [-0.05, 0) is 38.0 Å². The van der Waals surface area contributed by atoms with Crippen LogP contribution in [-0.2, 0) is 14.8 Å². The van der Waals surface area contributed by atoms with E-state index in [1.807, 2.05) is 6.92 Å². The summed E-state index contributed by atoms with van der Waals surface area (Å²) in [6, 6.07) is 4.38. The zero-order valence-electron chi connectivity index (χ0n) is 11.6. The second-order valence-corrected chi connectivity index (χ2v) is 7.62. The number of nitrogen functional groups attached to an aromatic ring is 1. The van der Waals surface area contributed by atoms with Gasteiger partial charge in [-0.2, -0.15) is 4.31 Å². The smallest absolute Gasteiger partial charge is 0.243 e. The maximum Gasteiger partial charge on any atom is 0.243 e. The maximum absolute atomic E-state index is 12.6. The van der Waals surface area contributed by atoms with Crippen LogP contribution in [0.25, 0.3) is 0 Å². The van der Waals surface area contributed by atoms with Crippen molar-refractivity contribution in [3.05, 3.63) is 23.2 Å². The summed E-state index contributed by atoms with van der Waals surface area (Å²) in [5.41, 5.74) is 5.51. The van der Waals surface area contributed by atoms with Crippen LogP contribution in [0.2, 0.25) is 5.02 Å². The highest BCUT2D eigenvalue weighted by Gasteiger charge is 2.37. The number of piperidine rings is 1. The van der Waals surface area contributed by atoms with Crippen LogP contribution >= 0.6 is 11.6 Å². The number of ether oxygens (including phenoxy) is 1. The number of nitrogens with zero attached hydrogens (tertiary/aromatic N) is 1. The molecule has 0 aromatic heterocycles. The number of hydrogen-bond acceptors (Lipinski definition) is 4. The Balaban J connectivity index is 2.32. The summed E-state index contributed by atoms with van der Waals surface area (Å²) in [5, 5.41) is 0.351. The van der Waals surface area contributed by atoms with E-state index in [4.69, 9.17) is 22.1 Å². The van der Waals surface area contributed by atoms with Crippen molar-refractivity contribution >= 4 is 27.3 Å². The lowest BCUT2D eigenvalue weighted by Gasteiger charge is -2.38. The Labute approximate surface area is 124 Å². The number of anilines is 1. The number of benzene rings is 1. The molecule has 1 fully saturated rings. The molecule has 2 N–H and O–H groups in total. The standard InChI is InChI=1S/C13H19ClN2O3S/c1-13(19-2)6-3-7-16(9-13)20(17,18)10-4-5-11(14)12(15)8-10/h4-5,8H,3,6-7,9,15H2,1-2H3. The Bertz CT molecular complexity index is 606. The third-order valence-electron chi connectivity index (χ3n) is 3.72. The first-order chi connectivity index (χ1) is 9.28. The third-order valence-corrected chi connectivity index (χ3v) is 5.91. The minimum Gasteiger partial charge on any atom is -0.397 e. The molecule has 1 aromatic carbocycles. The van der Waals surface area contributed by atoms with Gasteiger partial charge in [0, 0.05) is 20.2 Å². The highest BCUT2D eigenvalue weighted by Crippen LogP contribution is 2.30. The maximum atomic E-state index is 12.6. The summed E-state index contributed by atoms with van der Waals surface area (Å²) >= 11 is 5.83. The Kier molecular flexibility index (Phi) is 4.30. The van der Waals surface area contributed by atoms with Gasteiger partial charge >= 0.3 is 0 Å². The van der Waals surface area contributed by atoms with Gasteiger partial charge in [-0.25, -0.2) is 8.42 Å². The van der Waals surface area contributed by atoms with Gasteiger partial charge in [0.25, 0.3) is 0 Å². The number of nitrogens with two attached hydrogens (primary N) is 1. The third kappa shape index (κ3) is 2.93. The van der Waals surface area contributed by atoms with E-state index in [1.54, 1.807) is 7.11 Å². The molecule has 1 saturated heterocycles. The molecule has 1 unspecified atom stereocenters. The number of sulfonamides is 1. The second kappa shape index (κ2) is 5.52. The summed E-state index contributed by atoms with van der Waals surface area (Å²) < 4.78 is 32.1. The Morgan fingerprint density at radius 1 is 1.45 bits per heavy atom. The molecule has 7 heteroatoms. The largest absolute Gasteiger partial charge is 0.397 e. The zero-order chi connectivity index (χ0) is 15.0. The molecule has 1 heterocycles. The second-order valence-electron chi connectivity index (χ2n) is 5.28. The minimum atomic E-state index is -3.57. The van der Waals surface area contributed by atoms with E-state index in [0.29, 0.717) is 18.1 Å². The van der Waals surface area contributed by atoms with E-state index in [9.17, 15) is 8.42 Å². The van der Waals surface area contributed by atoms with Crippen LogP contribution in [0.3, 0.4) is 0 Å². The van der Waals surface area contributed by atoms with Crippen molar-refractivity contribution < 1.29 is 13.2 Å². The van der Waals surface area contributed by atoms with Crippen LogP contribution in [0, 0.1) is 0 Å². The molecular weight excluding hydrogens is 300 g/mol. The number of halogens is 1. The Morgan fingerprint density at radius 2 is 2.15 bits per heavy atom. The predicted octanol–water partition coefficient (Wildman–Crippen LogP) is 2.11. The van der Waals surface area contributed by atoms with Crippen molar-refractivity contribution in [1.82, 2.24) is 4.31 Å². The van der Waals surface area contributed by atoms with E-state index in [2.05, 4.69) is 0 Å². The topological polar surface area (TPSA) is 72.6 Å². The highest BCUT2D eigenvalue weighted by molar-refractivity contribution is 7.89. The average Bonchev–Trinajstić information content (AvgIpc) is 2.42. The van der Waals surface area contributed by atoms with Crippen LogP contribution < -0.4 is 5.73 Å².